The van der Waals surface area contributed by atoms with Crippen LogP contribution in [-0.4, -0.2) is 4.57 Å². The Morgan fingerprint density at radius 1 is 1.48 bits per heavy atom. The number of fused-ring (bicyclic) bond motifs is 1. The molecule has 0 saturated heterocycles. The van der Waals surface area contributed by atoms with Gasteiger partial charge < -0.3 is 4.57 Å². The second-order valence-electron chi connectivity index (χ2n) is 8.18. The number of hydrogen-bond acceptors (Lipinski definition) is 2. The quantitative estimate of drug-likeness (QED) is 0.360. The molecular weight excluding hydrogens is 363 g/mol. The highest BCUT2D eigenvalue weighted by Gasteiger charge is 2.38. The molecule has 0 bridgehead atoms. The Labute approximate surface area is 172 Å². The first kappa shape index (κ1) is 21.0. The number of allylic oxidation sites excluding steroid dienone is 2. The van der Waals surface area contributed by atoms with Crippen molar-refractivity contribution < 1.29 is 4.39 Å². The van der Waals surface area contributed by atoms with E-state index in [1.165, 1.54) is 18.9 Å². The fourth-order valence-corrected chi connectivity index (χ4v) is 4.41. The molecule has 1 aromatic carbocycles. The van der Waals surface area contributed by atoms with Crippen LogP contribution in [0.5, 0.6) is 0 Å². The summed E-state index contributed by atoms with van der Waals surface area (Å²) in [6.45, 7) is 9.58. The maximum atomic E-state index is 15.2. The summed E-state index contributed by atoms with van der Waals surface area (Å²) in [5.41, 5.74) is 2.05. The first-order chi connectivity index (χ1) is 13.9. The van der Waals surface area contributed by atoms with E-state index in [0.717, 1.165) is 34.9 Å². The van der Waals surface area contributed by atoms with Crippen LogP contribution >= 0.6 is 0 Å². The van der Waals surface area contributed by atoms with E-state index in [9.17, 15) is 4.91 Å². The zero-order chi connectivity index (χ0) is 21.2. The van der Waals surface area contributed by atoms with Gasteiger partial charge in [-0.1, -0.05) is 43.5 Å². The molecule has 3 nitrogen and oxygen atoms in total. The standard InChI is InChI=1S/C25H29FN2O/c1-6-18(5)14-24(26)25(7-2,27-29)19-12-13-23-21(15-19)22(17(3)4)16-28(23)20-10-8-9-11-20/h1,12-16,18,20H,3,7-11H2,2,4-5H3/b24-14+. The third-order valence-electron chi connectivity index (χ3n) is 6.21. The van der Waals surface area contributed by atoms with Gasteiger partial charge in [-0.05, 0) is 62.5 Å². The lowest BCUT2D eigenvalue weighted by Crippen LogP contribution is -2.23. The smallest absolute Gasteiger partial charge is 0.178 e. The number of terminal acetylenes is 1. The summed E-state index contributed by atoms with van der Waals surface area (Å²) >= 11 is 0. The van der Waals surface area contributed by atoms with Gasteiger partial charge in [0.25, 0.3) is 0 Å². The average molecular weight is 393 g/mol. The molecular formula is C25H29FN2O. The lowest BCUT2D eigenvalue weighted by Gasteiger charge is -2.24. The van der Waals surface area contributed by atoms with Crippen molar-refractivity contribution in [1.82, 2.24) is 4.57 Å². The summed E-state index contributed by atoms with van der Waals surface area (Å²) in [5, 5.41) is 4.26. The maximum absolute atomic E-state index is 15.2. The van der Waals surface area contributed by atoms with Gasteiger partial charge in [0.15, 0.2) is 5.54 Å². The number of nitrogens with zero attached hydrogens (tertiary/aromatic N) is 2. The van der Waals surface area contributed by atoms with E-state index >= 15 is 4.39 Å². The van der Waals surface area contributed by atoms with Crippen molar-refractivity contribution in [2.24, 2.45) is 11.1 Å². The number of nitroso groups, excluding NO2 is 1. The van der Waals surface area contributed by atoms with Gasteiger partial charge in [-0.25, -0.2) is 4.39 Å². The molecule has 1 heterocycles. The largest absolute Gasteiger partial charge is 0.344 e. The molecule has 0 spiro atoms. The van der Waals surface area contributed by atoms with Crippen molar-refractivity contribution in [3.63, 3.8) is 0 Å². The van der Waals surface area contributed by atoms with E-state index in [2.05, 4.69) is 28.4 Å². The van der Waals surface area contributed by atoms with Gasteiger partial charge in [0.2, 0.25) is 0 Å². The zero-order valence-electron chi connectivity index (χ0n) is 17.5. The van der Waals surface area contributed by atoms with Crippen LogP contribution in [-0.2, 0) is 5.54 Å². The predicted molar refractivity (Wildman–Crippen MR) is 119 cm³/mol. The van der Waals surface area contributed by atoms with E-state index in [1.807, 2.05) is 25.1 Å². The highest BCUT2D eigenvalue weighted by Crippen LogP contribution is 2.42. The third kappa shape index (κ3) is 3.67. The first-order valence-electron chi connectivity index (χ1n) is 10.4. The molecule has 1 fully saturated rings. The molecule has 2 aromatic rings. The summed E-state index contributed by atoms with van der Waals surface area (Å²) in [4.78, 5) is 11.9. The summed E-state index contributed by atoms with van der Waals surface area (Å²) < 4.78 is 17.5. The van der Waals surface area contributed by atoms with Gasteiger partial charge in [-0.2, -0.15) is 0 Å². The van der Waals surface area contributed by atoms with E-state index in [1.54, 1.807) is 13.8 Å². The van der Waals surface area contributed by atoms with Crippen LogP contribution in [0.25, 0.3) is 16.5 Å². The SMILES string of the molecule is C#CC(C)/C=C(/F)C(CC)(N=O)c1ccc2c(c1)c(C(=C)C)cn2C1CCCC1. The van der Waals surface area contributed by atoms with E-state index in [0.29, 0.717) is 11.6 Å². The number of rotatable bonds is 7. The molecule has 3 rings (SSSR count). The summed E-state index contributed by atoms with van der Waals surface area (Å²) in [5.74, 6) is 1.47. The number of hydrogen-bond donors (Lipinski definition) is 0. The van der Waals surface area contributed by atoms with Crippen molar-refractivity contribution in [3.8, 4) is 12.3 Å². The Bertz CT molecular complexity index is 1000. The van der Waals surface area contributed by atoms with Crippen LogP contribution in [0, 0.1) is 23.2 Å². The molecule has 0 radical (unpaired) electrons. The van der Waals surface area contributed by atoms with Gasteiger partial charge in [0.1, 0.15) is 5.83 Å². The van der Waals surface area contributed by atoms with Crippen LogP contribution < -0.4 is 0 Å². The first-order valence-corrected chi connectivity index (χ1v) is 10.4. The maximum Gasteiger partial charge on any atom is 0.178 e. The van der Waals surface area contributed by atoms with Crippen molar-refractivity contribution >= 4 is 16.5 Å². The molecule has 0 N–H and O–H groups in total. The normalized spacial score (nSPS) is 18.4. The lowest BCUT2D eigenvalue weighted by atomic mass is 9.84. The van der Waals surface area contributed by atoms with Gasteiger partial charge in [0, 0.05) is 34.6 Å². The fourth-order valence-electron chi connectivity index (χ4n) is 4.41. The Morgan fingerprint density at radius 3 is 2.72 bits per heavy atom. The van der Waals surface area contributed by atoms with Crippen LogP contribution in [0.3, 0.4) is 0 Å². The monoisotopic (exact) mass is 392 g/mol. The van der Waals surface area contributed by atoms with E-state index in [4.69, 9.17) is 6.42 Å². The van der Waals surface area contributed by atoms with Gasteiger partial charge in [-0.3, -0.25) is 0 Å². The van der Waals surface area contributed by atoms with Crippen molar-refractivity contribution in [3.05, 3.63) is 58.9 Å². The topological polar surface area (TPSA) is 34.4 Å². The molecule has 0 aliphatic heterocycles. The Kier molecular flexibility index (Phi) is 6.07. The lowest BCUT2D eigenvalue weighted by molar-refractivity contribution is 0.392. The molecule has 2 atom stereocenters. The molecule has 1 aromatic heterocycles. The summed E-state index contributed by atoms with van der Waals surface area (Å²) in [7, 11) is 0. The van der Waals surface area contributed by atoms with E-state index in [-0.39, 0.29) is 6.42 Å². The second-order valence-corrected chi connectivity index (χ2v) is 8.18. The van der Waals surface area contributed by atoms with Crippen LogP contribution in [0.15, 0.2) is 48.1 Å². The fraction of sp³-hybridized carbons (Fsp3) is 0.440. The minimum Gasteiger partial charge on any atom is -0.344 e. The summed E-state index contributed by atoms with van der Waals surface area (Å²) in [6.07, 6.45) is 13.9. The van der Waals surface area contributed by atoms with Crippen LogP contribution in [0.2, 0.25) is 0 Å². The second kappa shape index (κ2) is 8.37. The average Bonchev–Trinajstić information content (AvgIpc) is 3.36. The van der Waals surface area contributed by atoms with Gasteiger partial charge >= 0.3 is 0 Å². The van der Waals surface area contributed by atoms with Crippen molar-refractivity contribution in [2.75, 3.05) is 0 Å². The van der Waals surface area contributed by atoms with E-state index < -0.39 is 17.3 Å². The minimum absolute atomic E-state index is 0.216. The number of aromatic nitrogens is 1. The third-order valence-corrected chi connectivity index (χ3v) is 6.21. The molecule has 1 aliphatic rings. The molecule has 2 unspecified atom stereocenters. The Balaban J connectivity index is 2.20. The molecule has 29 heavy (non-hydrogen) atoms. The predicted octanol–water partition coefficient (Wildman–Crippen LogP) is 7.28. The number of benzene rings is 1. The highest BCUT2D eigenvalue weighted by atomic mass is 19.1. The molecule has 4 heteroatoms. The van der Waals surface area contributed by atoms with Crippen molar-refractivity contribution in [2.45, 2.75) is 64.5 Å². The molecule has 1 saturated carbocycles. The van der Waals surface area contributed by atoms with Gasteiger partial charge in [-0.15, -0.1) is 11.3 Å². The van der Waals surface area contributed by atoms with Crippen molar-refractivity contribution in [1.29, 1.82) is 0 Å². The molecule has 0 amide bonds. The number of halogens is 1. The van der Waals surface area contributed by atoms with Gasteiger partial charge in [0.05, 0.1) is 0 Å². The Morgan fingerprint density at radius 2 is 2.17 bits per heavy atom. The molecule has 152 valence electrons. The summed E-state index contributed by atoms with van der Waals surface area (Å²) in [6, 6.07) is 6.20. The Hall–Kier alpha value is -2.67. The van der Waals surface area contributed by atoms with Crippen LogP contribution in [0.1, 0.15) is 70.0 Å². The zero-order valence-corrected chi connectivity index (χ0v) is 17.5. The molecule has 1 aliphatic carbocycles. The highest BCUT2D eigenvalue weighted by molar-refractivity contribution is 5.93. The van der Waals surface area contributed by atoms with Crippen LogP contribution in [0.4, 0.5) is 4.39 Å². The minimum atomic E-state index is -1.57.